The van der Waals surface area contributed by atoms with Gasteiger partial charge in [-0.15, -0.1) is 0 Å². The molecule has 0 rings (SSSR count). The van der Waals surface area contributed by atoms with E-state index >= 15 is 0 Å². The second-order valence-electron chi connectivity index (χ2n) is 2.27. The van der Waals surface area contributed by atoms with E-state index in [-0.39, 0.29) is 6.23 Å². The van der Waals surface area contributed by atoms with E-state index in [4.69, 9.17) is 10.5 Å². The van der Waals surface area contributed by atoms with E-state index in [1.807, 2.05) is 0 Å². The van der Waals surface area contributed by atoms with E-state index in [9.17, 15) is 0 Å². The lowest BCUT2D eigenvalue weighted by Crippen LogP contribution is -2.21. The Morgan fingerprint density at radius 2 is 2.11 bits per heavy atom. The second-order valence-corrected chi connectivity index (χ2v) is 2.27. The predicted octanol–water partition coefficient (Wildman–Crippen LogP) is 1.50. The molecule has 2 nitrogen and oxygen atoms in total. The van der Waals surface area contributed by atoms with Crippen LogP contribution in [-0.2, 0) is 4.74 Å². The van der Waals surface area contributed by atoms with Gasteiger partial charge in [-0.05, 0) is 12.8 Å². The largest absolute Gasteiger partial charge is 0.367 e. The summed E-state index contributed by atoms with van der Waals surface area (Å²) in [7, 11) is 1.65. The van der Waals surface area contributed by atoms with Gasteiger partial charge in [-0.3, -0.25) is 0 Å². The molecule has 0 aliphatic heterocycles. The smallest absolute Gasteiger partial charge is 0.105 e. The highest BCUT2D eigenvalue weighted by Gasteiger charge is 1.96. The van der Waals surface area contributed by atoms with E-state index in [2.05, 4.69) is 6.92 Å². The quantitative estimate of drug-likeness (QED) is 0.453. The van der Waals surface area contributed by atoms with Gasteiger partial charge in [-0.25, -0.2) is 0 Å². The van der Waals surface area contributed by atoms with Crippen LogP contribution in [0.2, 0.25) is 0 Å². The molecule has 1 unspecified atom stereocenters. The highest BCUT2D eigenvalue weighted by molar-refractivity contribution is 4.46. The highest BCUT2D eigenvalue weighted by Crippen LogP contribution is 2.00. The Balaban J connectivity index is 2.88. The van der Waals surface area contributed by atoms with Crippen molar-refractivity contribution in [1.82, 2.24) is 0 Å². The monoisotopic (exact) mass is 131 g/mol. The van der Waals surface area contributed by atoms with Crippen LogP contribution in [0.5, 0.6) is 0 Å². The first-order valence-corrected chi connectivity index (χ1v) is 3.59. The van der Waals surface area contributed by atoms with E-state index in [1.54, 1.807) is 7.11 Å². The van der Waals surface area contributed by atoms with Gasteiger partial charge >= 0.3 is 0 Å². The topological polar surface area (TPSA) is 35.2 Å². The number of nitrogens with two attached hydrogens (primary N) is 1. The molecule has 0 spiro atoms. The molecule has 0 saturated carbocycles. The molecule has 1 atom stereocenters. The van der Waals surface area contributed by atoms with E-state index in [0.29, 0.717) is 0 Å². The van der Waals surface area contributed by atoms with Gasteiger partial charge in [0.25, 0.3) is 0 Å². The summed E-state index contributed by atoms with van der Waals surface area (Å²) in [5, 5.41) is 0. The summed E-state index contributed by atoms with van der Waals surface area (Å²) in [6, 6.07) is 0. The van der Waals surface area contributed by atoms with Crippen LogP contribution in [0.15, 0.2) is 0 Å². The summed E-state index contributed by atoms with van der Waals surface area (Å²) >= 11 is 0. The average Bonchev–Trinajstić information content (AvgIpc) is 1.89. The summed E-state index contributed by atoms with van der Waals surface area (Å²) in [5.41, 5.74) is 5.49. The number of hydrogen-bond acceptors (Lipinski definition) is 2. The molecule has 0 aromatic heterocycles. The van der Waals surface area contributed by atoms with Crippen molar-refractivity contribution in [3.05, 3.63) is 0 Å². The minimum atomic E-state index is -0.0449. The number of unbranched alkanes of at least 4 members (excludes halogenated alkanes) is 2. The molecule has 0 radical (unpaired) electrons. The zero-order valence-electron chi connectivity index (χ0n) is 6.39. The lowest BCUT2D eigenvalue weighted by Gasteiger charge is -2.07. The summed E-state index contributed by atoms with van der Waals surface area (Å²) in [4.78, 5) is 0. The molecule has 0 bridgehead atoms. The average molecular weight is 131 g/mol. The van der Waals surface area contributed by atoms with Gasteiger partial charge in [0, 0.05) is 7.11 Å². The molecule has 0 aliphatic carbocycles. The molecule has 9 heavy (non-hydrogen) atoms. The summed E-state index contributed by atoms with van der Waals surface area (Å²) < 4.78 is 4.87. The second kappa shape index (κ2) is 6.05. The van der Waals surface area contributed by atoms with Crippen LogP contribution in [0.1, 0.15) is 32.6 Å². The molecule has 0 amide bonds. The first kappa shape index (κ1) is 8.92. The zero-order chi connectivity index (χ0) is 7.11. The Bertz CT molecular complexity index is 56.9. The lowest BCUT2D eigenvalue weighted by atomic mass is 10.2. The molecule has 56 valence electrons. The molecule has 0 heterocycles. The van der Waals surface area contributed by atoms with Crippen LogP contribution in [0, 0.1) is 0 Å². The van der Waals surface area contributed by atoms with Crippen LogP contribution in [0.4, 0.5) is 0 Å². The third-order valence-electron chi connectivity index (χ3n) is 1.39. The van der Waals surface area contributed by atoms with Gasteiger partial charge in [0.1, 0.15) is 6.23 Å². The van der Waals surface area contributed by atoms with Crippen molar-refractivity contribution in [3.8, 4) is 0 Å². The third-order valence-corrected chi connectivity index (χ3v) is 1.39. The van der Waals surface area contributed by atoms with Gasteiger partial charge in [0.15, 0.2) is 0 Å². The third kappa shape index (κ3) is 5.80. The Morgan fingerprint density at radius 1 is 1.44 bits per heavy atom. The molecule has 0 fully saturated rings. The van der Waals surface area contributed by atoms with Gasteiger partial charge in [-0.1, -0.05) is 19.8 Å². The van der Waals surface area contributed by atoms with Crippen LogP contribution in [-0.4, -0.2) is 13.3 Å². The highest BCUT2D eigenvalue weighted by atomic mass is 16.5. The fraction of sp³-hybridized carbons (Fsp3) is 1.00. The van der Waals surface area contributed by atoms with Crippen LogP contribution in [0.3, 0.4) is 0 Å². The Hall–Kier alpha value is -0.0800. The van der Waals surface area contributed by atoms with Crippen molar-refractivity contribution in [2.24, 2.45) is 5.73 Å². The normalized spacial score (nSPS) is 13.7. The fourth-order valence-corrected chi connectivity index (χ4v) is 0.713. The lowest BCUT2D eigenvalue weighted by molar-refractivity contribution is 0.0985. The van der Waals surface area contributed by atoms with E-state index in [1.165, 1.54) is 19.3 Å². The minimum absolute atomic E-state index is 0.0449. The van der Waals surface area contributed by atoms with Gasteiger partial charge in [-0.2, -0.15) is 0 Å². The molecule has 0 aliphatic rings. The Labute approximate surface area is 57.4 Å². The number of methoxy groups -OCH3 is 1. The maximum absolute atomic E-state index is 5.49. The SMILES string of the molecule is CCCCCC(N)OC. The van der Waals surface area contributed by atoms with Crippen molar-refractivity contribution in [1.29, 1.82) is 0 Å². The Kier molecular flexibility index (Phi) is 5.99. The van der Waals surface area contributed by atoms with Crippen molar-refractivity contribution in [3.63, 3.8) is 0 Å². The van der Waals surface area contributed by atoms with Crippen molar-refractivity contribution in [2.45, 2.75) is 38.8 Å². The molecule has 0 saturated heterocycles. The maximum atomic E-state index is 5.49. The van der Waals surface area contributed by atoms with Gasteiger partial charge in [0.05, 0.1) is 0 Å². The number of rotatable bonds is 5. The van der Waals surface area contributed by atoms with E-state index in [0.717, 1.165) is 6.42 Å². The first-order valence-electron chi connectivity index (χ1n) is 3.59. The summed E-state index contributed by atoms with van der Waals surface area (Å²) in [6.45, 7) is 2.18. The minimum Gasteiger partial charge on any atom is -0.367 e. The fourth-order valence-electron chi connectivity index (χ4n) is 0.713. The molecular formula is C7H17NO. The van der Waals surface area contributed by atoms with Crippen LogP contribution >= 0.6 is 0 Å². The molecule has 2 heteroatoms. The van der Waals surface area contributed by atoms with Crippen LogP contribution < -0.4 is 5.73 Å². The Morgan fingerprint density at radius 3 is 2.56 bits per heavy atom. The summed E-state index contributed by atoms with van der Waals surface area (Å²) in [6.07, 6.45) is 4.64. The molecule has 2 N–H and O–H groups in total. The molecule has 0 aromatic rings. The number of ether oxygens (including phenoxy) is 1. The van der Waals surface area contributed by atoms with Crippen molar-refractivity contribution in [2.75, 3.05) is 7.11 Å². The van der Waals surface area contributed by atoms with Crippen molar-refractivity contribution < 1.29 is 4.74 Å². The predicted molar refractivity (Wildman–Crippen MR) is 39.1 cm³/mol. The van der Waals surface area contributed by atoms with Crippen LogP contribution in [0.25, 0.3) is 0 Å². The first-order chi connectivity index (χ1) is 4.31. The standard InChI is InChI=1S/C7H17NO/c1-3-4-5-6-7(8)9-2/h7H,3-6,8H2,1-2H3. The zero-order valence-corrected chi connectivity index (χ0v) is 6.39. The maximum Gasteiger partial charge on any atom is 0.105 e. The molecular weight excluding hydrogens is 114 g/mol. The number of hydrogen-bond donors (Lipinski definition) is 1. The van der Waals surface area contributed by atoms with E-state index < -0.39 is 0 Å². The van der Waals surface area contributed by atoms with Crippen molar-refractivity contribution >= 4 is 0 Å². The van der Waals surface area contributed by atoms with Gasteiger partial charge < -0.3 is 10.5 Å². The van der Waals surface area contributed by atoms with Gasteiger partial charge in [0.2, 0.25) is 0 Å². The molecule has 0 aromatic carbocycles. The summed E-state index contributed by atoms with van der Waals surface area (Å²) in [5.74, 6) is 0.